The summed E-state index contributed by atoms with van der Waals surface area (Å²) in [7, 11) is 0. The van der Waals surface area contributed by atoms with Gasteiger partial charge in [0.05, 0.1) is 6.61 Å². The minimum atomic E-state index is 0.145. The van der Waals surface area contributed by atoms with Crippen LogP contribution in [0.5, 0.6) is 5.75 Å². The van der Waals surface area contributed by atoms with E-state index in [2.05, 4.69) is 0 Å². The first-order valence-corrected chi connectivity index (χ1v) is 7.21. The van der Waals surface area contributed by atoms with Crippen molar-refractivity contribution in [2.45, 2.75) is 18.8 Å². The molecule has 0 aliphatic rings. The molecule has 0 fully saturated rings. The first kappa shape index (κ1) is 14.9. The van der Waals surface area contributed by atoms with Gasteiger partial charge in [0.25, 0.3) is 0 Å². The molecule has 0 bridgehead atoms. The highest BCUT2D eigenvalue weighted by Crippen LogP contribution is 2.22. The van der Waals surface area contributed by atoms with Crippen molar-refractivity contribution in [3.63, 3.8) is 0 Å². The van der Waals surface area contributed by atoms with Crippen LogP contribution in [0.4, 0.5) is 0 Å². The predicted molar refractivity (Wildman–Crippen MR) is 82.4 cm³/mol. The van der Waals surface area contributed by atoms with E-state index in [1.807, 2.05) is 54.6 Å². The Kier molecular flexibility index (Phi) is 5.90. The van der Waals surface area contributed by atoms with E-state index in [4.69, 9.17) is 16.3 Å². The monoisotopic (exact) mass is 290 g/mol. The summed E-state index contributed by atoms with van der Waals surface area (Å²) in [5, 5.41) is 10.2. The normalized spacial score (nSPS) is 12.1. The van der Waals surface area contributed by atoms with Gasteiger partial charge in [-0.25, -0.2) is 0 Å². The molecule has 0 amide bonds. The summed E-state index contributed by atoms with van der Waals surface area (Å²) in [6.07, 6.45) is 1.80. The van der Waals surface area contributed by atoms with Gasteiger partial charge in [-0.3, -0.25) is 0 Å². The molecule has 1 unspecified atom stereocenters. The van der Waals surface area contributed by atoms with Crippen molar-refractivity contribution in [2.75, 3.05) is 13.2 Å². The maximum absolute atomic E-state index is 9.49. The molecule has 20 heavy (non-hydrogen) atoms. The zero-order valence-electron chi connectivity index (χ0n) is 11.3. The van der Waals surface area contributed by atoms with Gasteiger partial charge in [-0.2, -0.15) is 0 Å². The fourth-order valence-corrected chi connectivity index (χ4v) is 2.26. The predicted octanol–water partition coefficient (Wildman–Crippen LogP) is 4.28. The van der Waals surface area contributed by atoms with E-state index in [-0.39, 0.29) is 12.5 Å². The van der Waals surface area contributed by atoms with Gasteiger partial charge in [-0.1, -0.05) is 41.9 Å². The SMILES string of the molecule is OCC(CCCOc1ccccc1)c1ccc(Cl)cc1. The number of para-hydroxylation sites is 1. The number of halogens is 1. The standard InChI is InChI=1S/C17H19ClO2/c18-16-10-8-14(9-11-16)15(13-19)5-4-12-20-17-6-2-1-3-7-17/h1-3,6-11,15,19H,4-5,12-13H2. The Labute approximate surface area is 125 Å². The molecular weight excluding hydrogens is 272 g/mol. The molecule has 2 aromatic rings. The van der Waals surface area contributed by atoms with Crippen molar-refractivity contribution in [3.8, 4) is 5.75 Å². The highest BCUT2D eigenvalue weighted by atomic mass is 35.5. The Morgan fingerprint density at radius 3 is 2.35 bits per heavy atom. The van der Waals surface area contributed by atoms with Crippen molar-refractivity contribution < 1.29 is 9.84 Å². The highest BCUT2D eigenvalue weighted by Gasteiger charge is 2.10. The first-order valence-electron chi connectivity index (χ1n) is 6.84. The Balaban J connectivity index is 1.78. The topological polar surface area (TPSA) is 29.5 Å². The van der Waals surface area contributed by atoms with Crippen molar-refractivity contribution >= 4 is 11.6 Å². The van der Waals surface area contributed by atoms with E-state index in [1.165, 1.54) is 0 Å². The number of rotatable bonds is 7. The Hall–Kier alpha value is -1.51. The molecule has 2 nitrogen and oxygen atoms in total. The Morgan fingerprint density at radius 1 is 1.00 bits per heavy atom. The third kappa shape index (κ3) is 4.55. The molecule has 3 heteroatoms. The summed E-state index contributed by atoms with van der Waals surface area (Å²) in [5.41, 5.74) is 1.12. The molecular formula is C17H19ClO2. The molecule has 0 aliphatic heterocycles. The van der Waals surface area contributed by atoms with Gasteiger partial charge in [-0.15, -0.1) is 0 Å². The van der Waals surface area contributed by atoms with E-state index in [0.717, 1.165) is 29.2 Å². The van der Waals surface area contributed by atoms with Gasteiger partial charge >= 0.3 is 0 Å². The lowest BCUT2D eigenvalue weighted by Gasteiger charge is -2.15. The van der Waals surface area contributed by atoms with Crippen molar-refractivity contribution in [1.29, 1.82) is 0 Å². The van der Waals surface area contributed by atoms with Crippen molar-refractivity contribution in [1.82, 2.24) is 0 Å². The molecule has 0 aromatic heterocycles. The van der Waals surface area contributed by atoms with E-state index in [1.54, 1.807) is 0 Å². The van der Waals surface area contributed by atoms with Gasteiger partial charge in [0.1, 0.15) is 5.75 Å². The van der Waals surface area contributed by atoms with E-state index in [0.29, 0.717) is 6.61 Å². The van der Waals surface area contributed by atoms with Gasteiger partial charge in [-0.05, 0) is 42.7 Å². The number of hydrogen-bond acceptors (Lipinski definition) is 2. The quantitative estimate of drug-likeness (QED) is 0.772. The molecule has 0 radical (unpaired) electrons. The van der Waals surface area contributed by atoms with Crippen LogP contribution in [0.1, 0.15) is 24.3 Å². The van der Waals surface area contributed by atoms with Gasteiger partial charge < -0.3 is 9.84 Å². The third-order valence-corrected chi connectivity index (χ3v) is 3.52. The van der Waals surface area contributed by atoms with E-state index >= 15 is 0 Å². The summed E-state index contributed by atoms with van der Waals surface area (Å²) in [4.78, 5) is 0. The fourth-order valence-electron chi connectivity index (χ4n) is 2.13. The lowest BCUT2D eigenvalue weighted by molar-refractivity contribution is 0.243. The number of aliphatic hydroxyl groups is 1. The molecule has 0 heterocycles. The zero-order valence-corrected chi connectivity index (χ0v) is 12.1. The van der Waals surface area contributed by atoms with Gasteiger partial charge in [0, 0.05) is 17.5 Å². The molecule has 0 aliphatic carbocycles. The van der Waals surface area contributed by atoms with Crippen LogP contribution in [0.3, 0.4) is 0 Å². The van der Waals surface area contributed by atoms with Crippen LogP contribution in [-0.2, 0) is 0 Å². The van der Waals surface area contributed by atoms with Crippen LogP contribution in [0.15, 0.2) is 54.6 Å². The maximum Gasteiger partial charge on any atom is 0.119 e. The molecule has 0 saturated heterocycles. The van der Waals surface area contributed by atoms with Crippen LogP contribution in [0.2, 0.25) is 5.02 Å². The van der Waals surface area contributed by atoms with E-state index < -0.39 is 0 Å². The fraction of sp³-hybridized carbons (Fsp3) is 0.294. The molecule has 1 N–H and O–H groups in total. The molecule has 1 atom stereocenters. The number of benzene rings is 2. The summed E-state index contributed by atoms with van der Waals surface area (Å²) in [6, 6.07) is 17.4. The number of hydrogen-bond donors (Lipinski definition) is 1. The summed E-state index contributed by atoms with van der Waals surface area (Å²) in [6.45, 7) is 0.807. The maximum atomic E-state index is 9.49. The average Bonchev–Trinajstić information content (AvgIpc) is 2.50. The molecule has 0 spiro atoms. The molecule has 0 saturated carbocycles. The number of aliphatic hydroxyl groups excluding tert-OH is 1. The van der Waals surface area contributed by atoms with Gasteiger partial charge in [0.15, 0.2) is 0 Å². The van der Waals surface area contributed by atoms with Gasteiger partial charge in [0.2, 0.25) is 0 Å². The average molecular weight is 291 g/mol. The largest absolute Gasteiger partial charge is 0.494 e. The minimum Gasteiger partial charge on any atom is -0.494 e. The minimum absolute atomic E-state index is 0.145. The number of ether oxygens (including phenoxy) is 1. The summed E-state index contributed by atoms with van der Waals surface area (Å²) >= 11 is 5.87. The lowest BCUT2D eigenvalue weighted by atomic mass is 9.95. The Bertz CT molecular complexity index is 496. The zero-order chi connectivity index (χ0) is 14.2. The van der Waals surface area contributed by atoms with Crippen LogP contribution in [0.25, 0.3) is 0 Å². The second-order valence-electron chi connectivity index (χ2n) is 4.73. The second-order valence-corrected chi connectivity index (χ2v) is 5.17. The molecule has 106 valence electrons. The molecule has 2 aromatic carbocycles. The molecule has 2 rings (SSSR count). The summed E-state index contributed by atoms with van der Waals surface area (Å²) in [5.74, 6) is 1.03. The first-order chi connectivity index (χ1) is 9.79. The van der Waals surface area contributed by atoms with Crippen LogP contribution in [-0.4, -0.2) is 18.3 Å². The smallest absolute Gasteiger partial charge is 0.119 e. The highest BCUT2D eigenvalue weighted by molar-refractivity contribution is 6.30. The Morgan fingerprint density at radius 2 is 1.70 bits per heavy atom. The van der Waals surface area contributed by atoms with Crippen molar-refractivity contribution in [2.24, 2.45) is 0 Å². The lowest BCUT2D eigenvalue weighted by Crippen LogP contribution is -2.07. The second kappa shape index (κ2) is 7.93. The van der Waals surface area contributed by atoms with Crippen LogP contribution >= 0.6 is 11.6 Å². The van der Waals surface area contributed by atoms with E-state index in [9.17, 15) is 5.11 Å². The summed E-state index contributed by atoms with van der Waals surface area (Å²) < 4.78 is 5.65. The van der Waals surface area contributed by atoms with Crippen LogP contribution < -0.4 is 4.74 Å². The third-order valence-electron chi connectivity index (χ3n) is 3.27. The van der Waals surface area contributed by atoms with Crippen molar-refractivity contribution in [3.05, 3.63) is 65.2 Å². The van der Waals surface area contributed by atoms with Crippen LogP contribution in [0, 0.1) is 0 Å².